The summed E-state index contributed by atoms with van der Waals surface area (Å²) in [6.07, 6.45) is 2.53. The van der Waals surface area contributed by atoms with Crippen LogP contribution in [0.5, 0.6) is 11.5 Å². The molecular weight excluding hydrogens is 192 g/mol. The summed E-state index contributed by atoms with van der Waals surface area (Å²) in [6.45, 7) is 5.01. The molecule has 1 aromatic carbocycles. The molecular formula is C12H14O3. The van der Waals surface area contributed by atoms with Crippen LogP contribution in [0.25, 0.3) is 0 Å². The molecule has 80 valence electrons. The average molecular weight is 206 g/mol. The van der Waals surface area contributed by atoms with Crippen molar-refractivity contribution >= 4 is 5.97 Å². The molecule has 0 aromatic heterocycles. The molecule has 0 amide bonds. The Bertz CT molecular complexity index is 369. The highest BCUT2D eigenvalue weighted by molar-refractivity contribution is 5.70. The highest BCUT2D eigenvalue weighted by atomic mass is 16.6. The van der Waals surface area contributed by atoms with Crippen LogP contribution in [0.15, 0.2) is 30.9 Å². The Balaban J connectivity index is 3.01. The number of carbonyl (C=O) groups excluding carboxylic acids is 1. The van der Waals surface area contributed by atoms with Gasteiger partial charge in [0.2, 0.25) is 0 Å². The number of methoxy groups -OCH3 is 1. The minimum absolute atomic E-state index is 0.357. The fourth-order valence-electron chi connectivity index (χ4n) is 1.25. The number of hydrogen-bond acceptors (Lipinski definition) is 3. The molecule has 0 bridgehead atoms. The lowest BCUT2D eigenvalue weighted by atomic mass is 10.1. The van der Waals surface area contributed by atoms with Gasteiger partial charge in [0.15, 0.2) is 11.5 Å². The highest BCUT2D eigenvalue weighted by Gasteiger charge is 2.07. The van der Waals surface area contributed by atoms with Gasteiger partial charge in [-0.2, -0.15) is 0 Å². The summed E-state index contributed by atoms with van der Waals surface area (Å²) in [5, 5.41) is 0. The summed E-state index contributed by atoms with van der Waals surface area (Å²) in [5.74, 6) is 0.645. The lowest BCUT2D eigenvalue weighted by Gasteiger charge is -2.09. The maximum Gasteiger partial charge on any atom is 0.308 e. The Morgan fingerprint density at radius 1 is 1.47 bits per heavy atom. The molecule has 15 heavy (non-hydrogen) atoms. The Kier molecular flexibility index (Phi) is 3.92. The van der Waals surface area contributed by atoms with Crippen molar-refractivity contribution in [3.63, 3.8) is 0 Å². The Morgan fingerprint density at radius 2 is 2.20 bits per heavy atom. The van der Waals surface area contributed by atoms with Crippen LogP contribution >= 0.6 is 0 Å². The predicted molar refractivity (Wildman–Crippen MR) is 58.2 cm³/mol. The molecule has 0 unspecified atom stereocenters. The predicted octanol–water partition coefficient (Wildman–Crippen LogP) is 2.35. The number of rotatable bonds is 4. The van der Waals surface area contributed by atoms with Gasteiger partial charge in [-0.25, -0.2) is 0 Å². The topological polar surface area (TPSA) is 35.5 Å². The van der Waals surface area contributed by atoms with E-state index in [2.05, 4.69) is 6.58 Å². The van der Waals surface area contributed by atoms with Crippen LogP contribution in [0.3, 0.4) is 0 Å². The van der Waals surface area contributed by atoms with Crippen molar-refractivity contribution in [1.82, 2.24) is 0 Å². The fourth-order valence-corrected chi connectivity index (χ4v) is 1.25. The maximum atomic E-state index is 10.9. The summed E-state index contributed by atoms with van der Waals surface area (Å²) in [5.41, 5.74) is 1.03. The van der Waals surface area contributed by atoms with Crippen molar-refractivity contribution in [2.24, 2.45) is 0 Å². The third-order valence-electron chi connectivity index (χ3n) is 1.86. The van der Waals surface area contributed by atoms with E-state index in [1.807, 2.05) is 6.07 Å². The number of carbonyl (C=O) groups is 1. The molecule has 0 N–H and O–H groups in total. The van der Waals surface area contributed by atoms with E-state index in [0.717, 1.165) is 12.0 Å². The lowest BCUT2D eigenvalue weighted by Crippen LogP contribution is -2.03. The van der Waals surface area contributed by atoms with Crippen LogP contribution in [-0.4, -0.2) is 13.1 Å². The molecule has 0 aliphatic carbocycles. The van der Waals surface area contributed by atoms with Gasteiger partial charge in [0.25, 0.3) is 0 Å². The zero-order valence-corrected chi connectivity index (χ0v) is 8.95. The van der Waals surface area contributed by atoms with Crippen LogP contribution < -0.4 is 9.47 Å². The van der Waals surface area contributed by atoms with E-state index < -0.39 is 0 Å². The van der Waals surface area contributed by atoms with Gasteiger partial charge < -0.3 is 9.47 Å². The van der Waals surface area contributed by atoms with Gasteiger partial charge in [0.05, 0.1) is 7.11 Å². The molecule has 0 aliphatic rings. The number of allylic oxidation sites excluding steroid dienone is 1. The van der Waals surface area contributed by atoms with Gasteiger partial charge in [-0.1, -0.05) is 12.1 Å². The zero-order chi connectivity index (χ0) is 11.3. The van der Waals surface area contributed by atoms with Crippen LogP contribution in [0.2, 0.25) is 0 Å². The Labute approximate surface area is 89.3 Å². The molecule has 0 heterocycles. The van der Waals surface area contributed by atoms with E-state index in [4.69, 9.17) is 9.47 Å². The second-order valence-corrected chi connectivity index (χ2v) is 3.07. The smallest absolute Gasteiger partial charge is 0.308 e. The molecule has 0 radical (unpaired) electrons. The van der Waals surface area contributed by atoms with Gasteiger partial charge in [-0.3, -0.25) is 4.79 Å². The third-order valence-corrected chi connectivity index (χ3v) is 1.86. The Morgan fingerprint density at radius 3 is 2.73 bits per heavy atom. The summed E-state index contributed by atoms with van der Waals surface area (Å²) in [6, 6.07) is 5.46. The van der Waals surface area contributed by atoms with Gasteiger partial charge in [-0.05, 0) is 24.1 Å². The monoisotopic (exact) mass is 206 g/mol. The number of benzene rings is 1. The van der Waals surface area contributed by atoms with Crippen LogP contribution in [0.4, 0.5) is 0 Å². The van der Waals surface area contributed by atoms with Gasteiger partial charge in [0, 0.05) is 6.92 Å². The van der Waals surface area contributed by atoms with Gasteiger partial charge in [0.1, 0.15) is 0 Å². The van der Waals surface area contributed by atoms with Crippen molar-refractivity contribution in [1.29, 1.82) is 0 Å². The Hall–Kier alpha value is -1.77. The van der Waals surface area contributed by atoms with Crippen molar-refractivity contribution < 1.29 is 14.3 Å². The van der Waals surface area contributed by atoms with E-state index in [9.17, 15) is 4.79 Å². The normalized spacial score (nSPS) is 9.47. The molecule has 0 spiro atoms. The van der Waals surface area contributed by atoms with Crippen LogP contribution in [0, 0.1) is 0 Å². The standard InChI is InChI=1S/C12H14O3/c1-4-5-10-6-7-11(14-3)12(8-10)15-9(2)13/h4,6-8H,1,5H2,2-3H3. The minimum atomic E-state index is -0.357. The molecule has 3 nitrogen and oxygen atoms in total. The molecule has 0 saturated heterocycles. The molecule has 0 fully saturated rings. The second kappa shape index (κ2) is 5.20. The number of esters is 1. The summed E-state index contributed by atoms with van der Waals surface area (Å²) < 4.78 is 10.1. The SMILES string of the molecule is C=CCc1ccc(OC)c(OC(C)=O)c1. The van der Waals surface area contributed by atoms with Crippen molar-refractivity contribution in [3.8, 4) is 11.5 Å². The van der Waals surface area contributed by atoms with E-state index in [1.165, 1.54) is 14.0 Å². The van der Waals surface area contributed by atoms with Crippen LogP contribution in [-0.2, 0) is 11.2 Å². The molecule has 3 heteroatoms. The quantitative estimate of drug-likeness (QED) is 0.431. The molecule has 1 aromatic rings. The zero-order valence-electron chi connectivity index (χ0n) is 8.95. The summed E-state index contributed by atoms with van der Waals surface area (Å²) in [4.78, 5) is 10.9. The molecule has 0 aliphatic heterocycles. The fraction of sp³-hybridized carbons (Fsp3) is 0.250. The largest absolute Gasteiger partial charge is 0.493 e. The van der Waals surface area contributed by atoms with Crippen LogP contribution in [0.1, 0.15) is 12.5 Å². The van der Waals surface area contributed by atoms with E-state index >= 15 is 0 Å². The van der Waals surface area contributed by atoms with Gasteiger partial charge >= 0.3 is 5.97 Å². The average Bonchev–Trinajstić information content (AvgIpc) is 2.18. The van der Waals surface area contributed by atoms with E-state index in [0.29, 0.717) is 11.5 Å². The summed E-state index contributed by atoms with van der Waals surface area (Å²) >= 11 is 0. The lowest BCUT2D eigenvalue weighted by molar-refractivity contribution is -0.132. The number of hydrogen-bond donors (Lipinski definition) is 0. The minimum Gasteiger partial charge on any atom is -0.493 e. The van der Waals surface area contributed by atoms with Crippen molar-refractivity contribution in [2.45, 2.75) is 13.3 Å². The molecule has 0 saturated carbocycles. The molecule has 0 atom stereocenters. The first kappa shape index (κ1) is 11.3. The first-order chi connectivity index (χ1) is 7.17. The van der Waals surface area contributed by atoms with Crippen molar-refractivity contribution in [3.05, 3.63) is 36.4 Å². The summed E-state index contributed by atoms with van der Waals surface area (Å²) in [7, 11) is 1.54. The highest BCUT2D eigenvalue weighted by Crippen LogP contribution is 2.28. The first-order valence-corrected chi connectivity index (χ1v) is 4.63. The number of ether oxygens (including phenoxy) is 2. The molecule has 1 rings (SSSR count). The van der Waals surface area contributed by atoms with E-state index in [1.54, 1.807) is 18.2 Å². The first-order valence-electron chi connectivity index (χ1n) is 4.63. The third kappa shape index (κ3) is 3.13. The van der Waals surface area contributed by atoms with Crippen molar-refractivity contribution in [2.75, 3.05) is 7.11 Å². The van der Waals surface area contributed by atoms with Gasteiger partial charge in [-0.15, -0.1) is 6.58 Å². The van der Waals surface area contributed by atoms with E-state index in [-0.39, 0.29) is 5.97 Å². The maximum absolute atomic E-state index is 10.9. The second-order valence-electron chi connectivity index (χ2n) is 3.07.